The first kappa shape index (κ1) is 17.4. The number of aromatic nitrogens is 2. The molecule has 8 heteroatoms. The predicted molar refractivity (Wildman–Crippen MR) is 103 cm³/mol. The molecule has 26 heavy (non-hydrogen) atoms. The van der Waals surface area contributed by atoms with Crippen molar-refractivity contribution in [1.82, 2.24) is 9.78 Å². The number of halogens is 3. The van der Waals surface area contributed by atoms with Crippen LogP contribution in [0.1, 0.15) is 21.6 Å². The van der Waals surface area contributed by atoms with Crippen LogP contribution in [0.15, 0.2) is 42.5 Å². The quantitative estimate of drug-likeness (QED) is 0.638. The van der Waals surface area contributed by atoms with Gasteiger partial charge in [0.1, 0.15) is 11.6 Å². The standard InChI is InChI=1S/C18H12Cl2FN3OS/c19-10-4-6-11(7-5-10)24-17(12-8-26-9-15(12)23-24)22-18(25)16-13(20)2-1-3-14(16)21/h1-7H,8-9H2,(H,22,25). The van der Waals surface area contributed by atoms with Crippen LogP contribution in [0.25, 0.3) is 5.69 Å². The number of thioether (sulfide) groups is 1. The first-order valence-electron chi connectivity index (χ1n) is 7.74. The maximum atomic E-state index is 14.1. The third-order valence-corrected chi connectivity index (χ3v) is 5.58. The fourth-order valence-electron chi connectivity index (χ4n) is 2.80. The summed E-state index contributed by atoms with van der Waals surface area (Å²) in [7, 11) is 0. The molecule has 2 heterocycles. The summed E-state index contributed by atoms with van der Waals surface area (Å²) in [5.74, 6) is 0.737. The van der Waals surface area contributed by atoms with Crippen LogP contribution in [0.4, 0.5) is 10.2 Å². The Labute approximate surface area is 163 Å². The second kappa shape index (κ2) is 6.95. The second-order valence-corrected chi connectivity index (χ2v) is 7.53. The molecule has 3 aromatic rings. The molecule has 132 valence electrons. The lowest BCUT2D eigenvalue weighted by atomic mass is 10.2. The Kier molecular flexibility index (Phi) is 4.65. The molecule has 0 saturated heterocycles. The van der Waals surface area contributed by atoms with Gasteiger partial charge in [-0.3, -0.25) is 4.79 Å². The highest BCUT2D eigenvalue weighted by Crippen LogP contribution is 2.36. The minimum Gasteiger partial charge on any atom is -0.306 e. The number of nitrogens with one attached hydrogen (secondary N) is 1. The largest absolute Gasteiger partial charge is 0.306 e. The molecular weight excluding hydrogens is 396 g/mol. The zero-order chi connectivity index (χ0) is 18.3. The minimum absolute atomic E-state index is 0.0612. The molecule has 4 rings (SSSR count). The van der Waals surface area contributed by atoms with E-state index in [9.17, 15) is 9.18 Å². The molecule has 4 nitrogen and oxygen atoms in total. The van der Waals surface area contributed by atoms with Gasteiger partial charge in [-0.2, -0.15) is 16.9 Å². The highest BCUT2D eigenvalue weighted by molar-refractivity contribution is 7.98. The monoisotopic (exact) mass is 407 g/mol. The normalized spacial score (nSPS) is 12.9. The maximum Gasteiger partial charge on any atom is 0.261 e. The Balaban J connectivity index is 1.76. The summed E-state index contributed by atoms with van der Waals surface area (Å²) >= 11 is 13.7. The number of hydrogen-bond donors (Lipinski definition) is 1. The van der Waals surface area contributed by atoms with E-state index in [0.717, 1.165) is 28.5 Å². The Hall–Kier alpha value is -2.02. The third-order valence-electron chi connectivity index (χ3n) is 4.04. The van der Waals surface area contributed by atoms with Gasteiger partial charge >= 0.3 is 0 Å². The van der Waals surface area contributed by atoms with Crippen LogP contribution in [0, 0.1) is 5.82 Å². The number of carbonyl (C=O) groups is 1. The summed E-state index contributed by atoms with van der Waals surface area (Å²) in [5.41, 5.74) is 2.41. The lowest BCUT2D eigenvalue weighted by Gasteiger charge is -2.12. The molecule has 1 N–H and O–H groups in total. The molecule has 0 aliphatic carbocycles. The van der Waals surface area contributed by atoms with Crippen LogP contribution in [-0.2, 0) is 11.5 Å². The summed E-state index contributed by atoms with van der Waals surface area (Å²) in [6.07, 6.45) is 0. The smallest absolute Gasteiger partial charge is 0.261 e. The average molecular weight is 408 g/mol. The lowest BCUT2D eigenvalue weighted by Crippen LogP contribution is -2.18. The molecule has 2 aromatic carbocycles. The van der Waals surface area contributed by atoms with Crippen molar-refractivity contribution in [2.45, 2.75) is 11.5 Å². The van der Waals surface area contributed by atoms with E-state index in [4.69, 9.17) is 23.2 Å². The molecule has 0 spiro atoms. The van der Waals surface area contributed by atoms with E-state index >= 15 is 0 Å². The number of benzene rings is 2. The summed E-state index contributed by atoms with van der Waals surface area (Å²) in [6, 6.07) is 11.3. The molecule has 1 aliphatic heterocycles. The average Bonchev–Trinajstić information content (AvgIpc) is 3.18. The number of carbonyl (C=O) groups excluding carboxylic acids is 1. The third kappa shape index (κ3) is 3.09. The fraction of sp³-hybridized carbons (Fsp3) is 0.111. The van der Waals surface area contributed by atoms with E-state index in [-0.39, 0.29) is 10.6 Å². The number of rotatable bonds is 3. The van der Waals surface area contributed by atoms with Crippen LogP contribution < -0.4 is 5.32 Å². The van der Waals surface area contributed by atoms with Gasteiger partial charge in [0.15, 0.2) is 0 Å². The molecular formula is C18H12Cl2FN3OS. The highest BCUT2D eigenvalue weighted by atomic mass is 35.5. The van der Waals surface area contributed by atoms with Crippen LogP contribution in [0.3, 0.4) is 0 Å². The maximum absolute atomic E-state index is 14.1. The van der Waals surface area contributed by atoms with Gasteiger partial charge < -0.3 is 5.32 Å². The summed E-state index contributed by atoms with van der Waals surface area (Å²) < 4.78 is 15.7. The molecule has 0 bridgehead atoms. The minimum atomic E-state index is -0.668. The Morgan fingerprint density at radius 2 is 1.92 bits per heavy atom. The SMILES string of the molecule is O=C(Nc1c2c(nn1-c1ccc(Cl)cc1)CSC2)c1c(F)cccc1Cl. The van der Waals surface area contributed by atoms with E-state index < -0.39 is 11.7 Å². The topological polar surface area (TPSA) is 46.9 Å². The number of anilines is 1. The Morgan fingerprint density at radius 1 is 1.15 bits per heavy atom. The van der Waals surface area contributed by atoms with Gasteiger partial charge in [0.25, 0.3) is 5.91 Å². The van der Waals surface area contributed by atoms with E-state index in [2.05, 4.69) is 10.4 Å². The summed E-state index contributed by atoms with van der Waals surface area (Å²) in [6.45, 7) is 0. The molecule has 0 saturated carbocycles. The van der Waals surface area contributed by atoms with Gasteiger partial charge in [-0.05, 0) is 36.4 Å². The Bertz CT molecular complexity index is 984. The first-order valence-corrected chi connectivity index (χ1v) is 9.65. The summed E-state index contributed by atoms with van der Waals surface area (Å²) in [5, 5.41) is 8.05. The highest BCUT2D eigenvalue weighted by Gasteiger charge is 2.26. The fourth-order valence-corrected chi connectivity index (χ4v) is 4.20. The van der Waals surface area contributed by atoms with Crippen molar-refractivity contribution in [1.29, 1.82) is 0 Å². The molecule has 1 aliphatic rings. The van der Waals surface area contributed by atoms with E-state index in [1.54, 1.807) is 28.6 Å². The van der Waals surface area contributed by atoms with Crippen molar-refractivity contribution < 1.29 is 9.18 Å². The van der Waals surface area contributed by atoms with Crippen LogP contribution in [0.5, 0.6) is 0 Å². The number of fused-ring (bicyclic) bond motifs is 1. The first-order chi connectivity index (χ1) is 12.5. The van der Waals surface area contributed by atoms with E-state index in [0.29, 0.717) is 10.8 Å². The predicted octanol–water partition coefficient (Wildman–Crippen LogP) is 5.32. The van der Waals surface area contributed by atoms with Crippen molar-refractivity contribution >= 4 is 46.7 Å². The van der Waals surface area contributed by atoms with Crippen LogP contribution >= 0.6 is 35.0 Å². The van der Waals surface area contributed by atoms with Crippen molar-refractivity contribution in [3.63, 3.8) is 0 Å². The van der Waals surface area contributed by atoms with Crippen LogP contribution in [0.2, 0.25) is 10.0 Å². The summed E-state index contributed by atoms with van der Waals surface area (Å²) in [4.78, 5) is 12.7. The zero-order valence-corrected chi connectivity index (χ0v) is 15.6. The van der Waals surface area contributed by atoms with E-state index in [1.807, 2.05) is 12.1 Å². The van der Waals surface area contributed by atoms with Crippen molar-refractivity contribution in [2.24, 2.45) is 0 Å². The molecule has 0 fully saturated rings. The van der Waals surface area contributed by atoms with Crippen LogP contribution in [-0.4, -0.2) is 15.7 Å². The van der Waals surface area contributed by atoms with Gasteiger partial charge in [-0.25, -0.2) is 9.07 Å². The van der Waals surface area contributed by atoms with Gasteiger partial charge in [-0.15, -0.1) is 0 Å². The Morgan fingerprint density at radius 3 is 2.65 bits per heavy atom. The van der Waals surface area contributed by atoms with Gasteiger partial charge in [0, 0.05) is 22.1 Å². The molecule has 1 amide bonds. The number of hydrogen-bond acceptors (Lipinski definition) is 3. The van der Waals surface area contributed by atoms with Crippen molar-refractivity contribution in [3.8, 4) is 5.69 Å². The van der Waals surface area contributed by atoms with Crippen molar-refractivity contribution in [3.05, 3.63) is 75.1 Å². The van der Waals surface area contributed by atoms with Gasteiger partial charge in [0.2, 0.25) is 0 Å². The van der Waals surface area contributed by atoms with Gasteiger partial charge in [-0.1, -0.05) is 29.3 Å². The zero-order valence-electron chi connectivity index (χ0n) is 13.3. The van der Waals surface area contributed by atoms with Crippen molar-refractivity contribution in [2.75, 3.05) is 5.32 Å². The number of amides is 1. The molecule has 0 atom stereocenters. The van der Waals surface area contributed by atoms with Gasteiger partial charge in [0.05, 0.1) is 22.0 Å². The number of nitrogens with zero attached hydrogens (tertiary/aromatic N) is 2. The molecule has 1 aromatic heterocycles. The molecule has 0 unspecified atom stereocenters. The van der Waals surface area contributed by atoms with E-state index in [1.165, 1.54) is 18.2 Å². The molecule has 0 radical (unpaired) electrons. The lowest BCUT2D eigenvalue weighted by molar-refractivity contribution is 0.102. The second-order valence-electron chi connectivity index (χ2n) is 5.71.